The first-order chi connectivity index (χ1) is 5.42. The van der Waals surface area contributed by atoms with Crippen LogP contribution in [0.5, 0.6) is 0 Å². The van der Waals surface area contributed by atoms with Gasteiger partial charge in [-0.1, -0.05) is 18.2 Å². The molecule has 0 fully saturated rings. The summed E-state index contributed by atoms with van der Waals surface area (Å²) in [5, 5.41) is 1.29. The number of rotatable bonds is 1. The average Bonchev–Trinajstić information content (AvgIpc) is 2.47. The number of quaternary nitrogens is 1. The smallest absolute Gasteiger partial charge is 0.102 e. The fourth-order valence-electron chi connectivity index (χ4n) is 1.34. The minimum atomic E-state index is 0.851. The van der Waals surface area contributed by atoms with Crippen molar-refractivity contribution in [3.8, 4) is 0 Å². The highest BCUT2D eigenvalue weighted by molar-refractivity contribution is 5.82. The van der Waals surface area contributed by atoms with Crippen LogP contribution in [0, 0.1) is 0 Å². The lowest BCUT2D eigenvalue weighted by Crippen LogP contribution is -2.47. The van der Waals surface area contributed by atoms with Crippen LogP contribution in [0.15, 0.2) is 30.5 Å². The van der Waals surface area contributed by atoms with Crippen molar-refractivity contribution in [1.82, 2.24) is 4.98 Å². The standard InChI is InChI=1S/C9H10N2/c10-5-7-6-11-9-4-2-1-3-8(7)9/h1-4,6,11H,5,10H2/p+1. The van der Waals surface area contributed by atoms with Gasteiger partial charge in [-0.15, -0.1) is 0 Å². The number of aromatic nitrogens is 1. The number of nitrogens with one attached hydrogen (secondary N) is 1. The summed E-state index contributed by atoms with van der Waals surface area (Å²) in [6.45, 7) is 0.851. The topological polar surface area (TPSA) is 43.4 Å². The molecule has 1 heterocycles. The highest BCUT2D eigenvalue weighted by atomic mass is 14.7. The number of fused-ring (bicyclic) bond motifs is 1. The number of aromatic amines is 1. The summed E-state index contributed by atoms with van der Waals surface area (Å²) in [4.78, 5) is 3.20. The maximum atomic E-state index is 3.86. The van der Waals surface area contributed by atoms with E-state index in [4.69, 9.17) is 0 Å². The van der Waals surface area contributed by atoms with Crippen LogP contribution >= 0.6 is 0 Å². The Morgan fingerprint density at radius 1 is 1.27 bits per heavy atom. The average molecular weight is 147 g/mol. The van der Waals surface area contributed by atoms with E-state index in [2.05, 4.69) is 28.9 Å². The molecule has 56 valence electrons. The van der Waals surface area contributed by atoms with Crippen LogP contribution in [0.3, 0.4) is 0 Å². The van der Waals surface area contributed by atoms with E-state index in [1.165, 1.54) is 16.5 Å². The van der Waals surface area contributed by atoms with E-state index in [0.717, 1.165) is 6.54 Å². The molecule has 0 aliphatic rings. The largest absolute Gasteiger partial charge is 0.361 e. The number of hydrogen-bond acceptors (Lipinski definition) is 0. The van der Waals surface area contributed by atoms with Crippen LogP contribution in [0.4, 0.5) is 0 Å². The summed E-state index contributed by atoms with van der Waals surface area (Å²) in [5.74, 6) is 0. The molecule has 0 amide bonds. The van der Waals surface area contributed by atoms with Crippen LogP contribution in [0.2, 0.25) is 0 Å². The molecule has 0 bridgehead atoms. The lowest BCUT2D eigenvalue weighted by atomic mass is 10.2. The second kappa shape index (κ2) is 2.40. The molecule has 0 saturated heterocycles. The molecule has 2 heteroatoms. The van der Waals surface area contributed by atoms with E-state index in [1.54, 1.807) is 0 Å². The minimum Gasteiger partial charge on any atom is -0.361 e. The Hall–Kier alpha value is -1.28. The van der Waals surface area contributed by atoms with Gasteiger partial charge in [0.15, 0.2) is 0 Å². The fourth-order valence-corrected chi connectivity index (χ4v) is 1.34. The van der Waals surface area contributed by atoms with Gasteiger partial charge in [0, 0.05) is 22.7 Å². The molecule has 0 radical (unpaired) electrons. The third kappa shape index (κ3) is 0.917. The molecule has 0 spiro atoms. The Labute approximate surface area is 65.0 Å². The predicted molar refractivity (Wildman–Crippen MR) is 44.9 cm³/mol. The van der Waals surface area contributed by atoms with Crippen molar-refractivity contribution in [2.24, 2.45) is 0 Å². The van der Waals surface area contributed by atoms with Crippen LogP contribution < -0.4 is 5.73 Å². The third-order valence-corrected chi connectivity index (χ3v) is 1.94. The van der Waals surface area contributed by atoms with Gasteiger partial charge in [0.05, 0.1) is 0 Å². The Kier molecular flexibility index (Phi) is 1.40. The SMILES string of the molecule is [NH3+]Cc1c[nH]c2ccccc12. The molecule has 2 nitrogen and oxygen atoms in total. The summed E-state index contributed by atoms with van der Waals surface area (Å²) in [6, 6.07) is 8.28. The van der Waals surface area contributed by atoms with Gasteiger partial charge in [-0.25, -0.2) is 0 Å². The molecule has 1 aromatic carbocycles. The molecule has 0 saturated carbocycles. The quantitative estimate of drug-likeness (QED) is 0.602. The predicted octanol–water partition coefficient (Wildman–Crippen LogP) is 0.910. The van der Waals surface area contributed by atoms with Gasteiger partial charge in [-0.2, -0.15) is 0 Å². The third-order valence-electron chi connectivity index (χ3n) is 1.94. The van der Waals surface area contributed by atoms with E-state index in [-0.39, 0.29) is 0 Å². The maximum Gasteiger partial charge on any atom is 0.102 e. The van der Waals surface area contributed by atoms with Crippen LogP contribution in [0.1, 0.15) is 5.56 Å². The lowest BCUT2D eigenvalue weighted by molar-refractivity contribution is -0.386. The first kappa shape index (κ1) is 6.43. The molecule has 0 unspecified atom stereocenters. The summed E-state index contributed by atoms with van der Waals surface area (Å²) < 4.78 is 0. The second-order valence-corrected chi connectivity index (χ2v) is 2.61. The van der Waals surface area contributed by atoms with Crippen molar-refractivity contribution in [2.45, 2.75) is 6.54 Å². The number of hydrogen-bond donors (Lipinski definition) is 2. The normalized spacial score (nSPS) is 10.6. The molecule has 11 heavy (non-hydrogen) atoms. The highest BCUT2D eigenvalue weighted by Crippen LogP contribution is 2.15. The number of para-hydroxylation sites is 1. The van der Waals surface area contributed by atoms with E-state index in [1.807, 2.05) is 12.3 Å². The van der Waals surface area contributed by atoms with Gasteiger partial charge in [-0.3, -0.25) is 0 Å². The molecule has 1 aromatic heterocycles. The zero-order chi connectivity index (χ0) is 7.68. The van der Waals surface area contributed by atoms with E-state index >= 15 is 0 Å². The van der Waals surface area contributed by atoms with Gasteiger partial charge in [0.1, 0.15) is 6.54 Å². The summed E-state index contributed by atoms with van der Waals surface area (Å²) in [7, 11) is 0. The molecular weight excluding hydrogens is 136 g/mol. The molecule has 0 aliphatic carbocycles. The van der Waals surface area contributed by atoms with Gasteiger partial charge in [0.2, 0.25) is 0 Å². The van der Waals surface area contributed by atoms with Crippen molar-refractivity contribution in [3.05, 3.63) is 36.0 Å². The van der Waals surface area contributed by atoms with Crippen LogP contribution in [-0.4, -0.2) is 4.98 Å². The van der Waals surface area contributed by atoms with Crippen molar-refractivity contribution >= 4 is 10.9 Å². The van der Waals surface area contributed by atoms with Gasteiger partial charge in [-0.05, 0) is 6.07 Å². The zero-order valence-electron chi connectivity index (χ0n) is 6.30. The van der Waals surface area contributed by atoms with Gasteiger partial charge in [0.25, 0.3) is 0 Å². The molecule has 0 atom stereocenters. The monoisotopic (exact) mass is 147 g/mol. The van der Waals surface area contributed by atoms with E-state index < -0.39 is 0 Å². The molecule has 2 rings (SSSR count). The van der Waals surface area contributed by atoms with Crippen molar-refractivity contribution < 1.29 is 5.73 Å². The van der Waals surface area contributed by atoms with E-state index in [9.17, 15) is 0 Å². The number of H-pyrrole nitrogens is 1. The Morgan fingerprint density at radius 3 is 2.91 bits per heavy atom. The second-order valence-electron chi connectivity index (χ2n) is 2.61. The Balaban J connectivity index is 2.76. The van der Waals surface area contributed by atoms with Crippen molar-refractivity contribution in [2.75, 3.05) is 0 Å². The zero-order valence-corrected chi connectivity index (χ0v) is 6.30. The van der Waals surface area contributed by atoms with E-state index in [0.29, 0.717) is 0 Å². The fraction of sp³-hybridized carbons (Fsp3) is 0.111. The lowest BCUT2D eigenvalue weighted by Gasteiger charge is -1.89. The molecular formula is C9H11N2+. The first-order valence-corrected chi connectivity index (χ1v) is 3.76. The van der Waals surface area contributed by atoms with Gasteiger partial charge >= 0.3 is 0 Å². The van der Waals surface area contributed by atoms with Gasteiger partial charge < -0.3 is 10.7 Å². The minimum absolute atomic E-state index is 0.851. The summed E-state index contributed by atoms with van der Waals surface area (Å²) in [6.07, 6.45) is 2.03. The van der Waals surface area contributed by atoms with Crippen molar-refractivity contribution in [1.29, 1.82) is 0 Å². The Morgan fingerprint density at radius 2 is 2.09 bits per heavy atom. The van der Waals surface area contributed by atoms with Crippen LogP contribution in [0.25, 0.3) is 10.9 Å². The maximum absolute atomic E-state index is 3.86. The first-order valence-electron chi connectivity index (χ1n) is 3.76. The highest BCUT2D eigenvalue weighted by Gasteiger charge is 1.99. The summed E-state index contributed by atoms with van der Waals surface area (Å²) in [5.41, 5.74) is 6.35. The van der Waals surface area contributed by atoms with Crippen LogP contribution in [-0.2, 0) is 6.54 Å². The molecule has 0 aliphatic heterocycles. The molecule has 4 N–H and O–H groups in total. The summed E-state index contributed by atoms with van der Waals surface area (Å²) >= 11 is 0. The number of benzene rings is 1. The molecule has 2 aromatic rings. The Bertz CT molecular complexity index is 362. The van der Waals surface area contributed by atoms with Crippen molar-refractivity contribution in [3.63, 3.8) is 0 Å².